The van der Waals surface area contributed by atoms with Crippen LogP contribution >= 0.6 is 15.9 Å². The van der Waals surface area contributed by atoms with Gasteiger partial charge in [0.25, 0.3) is 5.91 Å². The number of rotatable bonds is 6. The van der Waals surface area contributed by atoms with E-state index in [4.69, 9.17) is 14.2 Å². The van der Waals surface area contributed by atoms with Crippen LogP contribution < -0.4 is 4.74 Å². The second-order valence-corrected chi connectivity index (χ2v) is 6.68. The van der Waals surface area contributed by atoms with E-state index < -0.39 is 5.97 Å². The largest absolute Gasteiger partial charge is 0.497 e. The summed E-state index contributed by atoms with van der Waals surface area (Å²) in [6.45, 7) is 2.68. The van der Waals surface area contributed by atoms with Crippen molar-refractivity contribution < 1.29 is 28.6 Å². The molecule has 142 valence electrons. The molecule has 1 saturated heterocycles. The second-order valence-electron chi connectivity index (χ2n) is 5.83. The highest BCUT2D eigenvalue weighted by molar-refractivity contribution is 9.10. The summed E-state index contributed by atoms with van der Waals surface area (Å²) in [6, 6.07) is 4.93. The number of ether oxygens (including phenoxy) is 3. The molecule has 0 aliphatic carbocycles. The van der Waals surface area contributed by atoms with E-state index in [1.807, 2.05) is 0 Å². The molecule has 0 spiro atoms. The fraction of sp³-hybridized carbons (Fsp3) is 0.500. The predicted molar refractivity (Wildman–Crippen MR) is 96.9 cm³/mol. The number of hydrogen-bond acceptors (Lipinski definition) is 6. The van der Waals surface area contributed by atoms with Crippen LogP contribution in [0.2, 0.25) is 0 Å². The molecular formula is C18H22BrNO6. The Morgan fingerprint density at radius 1 is 1.19 bits per heavy atom. The lowest BCUT2D eigenvalue weighted by Crippen LogP contribution is -2.42. The second kappa shape index (κ2) is 9.56. The van der Waals surface area contributed by atoms with Crippen molar-refractivity contribution in [2.45, 2.75) is 19.8 Å². The lowest BCUT2D eigenvalue weighted by molar-refractivity contribution is -0.151. The molecule has 0 bridgehead atoms. The van der Waals surface area contributed by atoms with Gasteiger partial charge in [-0.05, 0) is 53.9 Å². The number of halogens is 1. The SMILES string of the molecule is CCOC(=O)C1CCN(C(=O)COC(=O)c2cc(OC)ccc2Br)CC1. The van der Waals surface area contributed by atoms with Crippen LogP contribution in [0.4, 0.5) is 0 Å². The highest BCUT2D eigenvalue weighted by Gasteiger charge is 2.28. The van der Waals surface area contributed by atoms with E-state index in [1.165, 1.54) is 7.11 Å². The minimum atomic E-state index is -0.606. The Hall–Kier alpha value is -2.09. The van der Waals surface area contributed by atoms with Gasteiger partial charge in [-0.25, -0.2) is 4.79 Å². The lowest BCUT2D eigenvalue weighted by atomic mass is 9.97. The van der Waals surface area contributed by atoms with Gasteiger partial charge in [0, 0.05) is 17.6 Å². The molecule has 26 heavy (non-hydrogen) atoms. The smallest absolute Gasteiger partial charge is 0.339 e. The Labute approximate surface area is 160 Å². The quantitative estimate of drug-likeness (QED) is 0.648. The minimum Gasteiger partial charge on any atom is -0.497 e. The van der Waals surface area contributed by atoms with Crippen molar-refractivity contribution in [2.75, 3.05) is 33.4 Å². The first-order valence-corrected chi connectivity index (χ1v) is 9.20. The lowest BCUT2D eigenvalue weighted by Gasteiger charge is -2.30. The van der Waals surface area contributed by atoms with Crippen LogP contribution in [0, 0.1) is 5.92 Å². The zero-order valence-corrected chi connectivity index (χ0v) is 16.4. The summed E-state index contributed by atoms with van der Waals surface area (Å²) in [4.78, 5) is 37.8. The van der Waals surface area contributed by atoms with Gasteiger partial charge in [-0.15, -0.1) is 0 Å². The summed E-state index contributed by atoms with van der Waals surface area (Å²) < 4.78 is 15.8. The maximum atomic E-state index is 12.2. The van der Waals surface area contributed by atoms with E-state index in [0.717, 1.165) is 0 Å². The molecule has 0 N–H and O–H groups in total. The molecule has 1 fully saturated rings. The third-order valence-corrected chi connectivity index (χ3v) is 4.88. The van der Waals surface area contributed by atoms with Crippen molar-refractivity contribution in [3.63, 3.8) is 0 Å². The topological polar surface area (TPSA) is 82.1 Å². The van der Waals surface area contributed by atoms with Gasteiger partial charge < -0.3 is 19.1 Å². The average molecular weight is 428 g/mol. The number of carbonyl (C=O) groups is 3. The van der Waals surface area contributed by atoms with Gasteiger partial charge in [0.1, 0.15) is 5.75 Å². The summed E-state index contributed by atoms with van der Waals surface area (Å²) in [5, 5.41) is 0. The van der Waals surface area contributed by atoms with Crippen LogP contribution in [-0.2, 0) is 19.1 Å². The Bertz CT molecular complexity index is 670. The maximum absolute atomic E-state index is 12.2. The number of methoxy groups -OCH3 is 1. The standard InChI is InChI=1S/C18H22BrNO6/c1-3-25-17(22)12-6-8-20(9-7-12)16(21)11-26-18(23)14-10-13(24-2)4-5-15(14)19/h4-5,10,12H,3,6-9,11H2,1-2H3. The molecule has 0 aromatic heterocycles. The van der Waals surface area contributed by atoms with Crippen molar-refractivity contribution in [3.8, 4) is 5.75 Å². The van der Waals surface area contributed by atoms with Gasteiger partial charge in [0.2, 0.25) is 0 Å². The Balaban J connectivity index is 1.84. The molecule has 7 nitrogen and oxygen atoms in total. The van der Waals surface area contributed by atoms with Crippen molar-refractivity contribution in [1.82, 2.24) is 4.90 Å². The molecule has 0 saturated carbocycles. The number of amides is 1. The summed E-state index contributed by atoms with van der Waals surface area (Å²) >= 11 is 3.28. The number of benzene rings is 1. The molecule has 1 aromatic rings. The first kappa shape index (κ1) is 20.2. The van der Waals surface area contributed by atoms with E-state index in [0.29, 0.717) is 42.8 Å². The number of nitrogens with zero attached hydrogens (tertiary/aromatic N) is 1. The van der Waals surface area contributed by atoms with Crippen molar-refractivity contribution in [1.29, 1.82) is 0 Å². The highest BCUT2D eigenvalue weighted by atomic mass is 79.9. The number of carbonyl (C=O) groups excluding carboxylic acids is 3. The van der Waals surface area contributed by atoms with E-state index in [2.05, 4.69) is 15.9 Å². The fourth-order valence-electron chi connectivity index (χ4n) is 2.71. The molecule has 1 amide bonds. The third kappa shape index (κ3) is 5.20. The summed E-state index contributed by atoms with van der Waals surface area (Å²) in [6.07, 6.45) is 1.11. The molecule has 0 atom stereocenters. The molecule has 1 aromatic carbocycles. The Kier molecular flexibility index (Phi) is 7.44. The van der Waals surface area contributed by atoms with Crippen LogP contribution in [0.1, 0.15) is 30.1 Å². The van der Waals surface area contributed by atoms with Gasteiger partial charge in [-0.2, -0.15) is 0 Å². The first-order valence-electron chi connectivity index (χ1n) is 8.41. The Morgan fingerprint density at radius 2 is 1.88 bits per heavy atom. The summed E-state index contributed by atoms with van der Waals surface area (Å²) in [5.41, 5.74) is 0.290. The molecular weight excluding hydrogens is 406 g/mol. The van der Waals surface area contributed by atoms with Crippen molar-refractivity contribution in [2.24, 2.45) is 5.92 Å². The van der Waals surface area contributed by atoms with Crippen LogP contribution in [0.5, 0.6) is 5.75 Å². The van der Waals surface area contributed by atoms with E-state index in [1.54, 1.807) is 30.0 Å². The number of esters is 2. The summed E-state index contributed by atoms with van der Waals surface area (Å²) in [7, 11) is 1.50. The molecule has 0 unspecified atom stereocenters. The Morgan fingerprint density at radius 3 is 2.50 bits per heavy atom. The zero-order valence-electron chi connectivity index (χ0n) is 14.8. The normalized spacial score (nSPS) is 14.7. The molecule has 1 aliphatic heterocycles. The zero-order chi connectivity index (χ0) is 19.1. The highest BCUT2D eigenvalue weighted by Crippen LogP contribution is 2.23. The van der Waals surface area contributed by atoms with Gasteiger partial charge in [-0.1, -0.05) is 0 Å². The molecule has 8 heteroatoms. The van der Waals surface area contributed by atoms with Gasteiger partial charge in [0.05, 0.1) is 25.2 Å². The van der Waals surface area contributed by atoms with Gasteiger partial charge >= 0.3 is 11.9 Å². The maximum Gasteiger partial charge on any atom is 0.339 e. The van der Waals surface area contributed by atoms with Gasteiger partial charge in [-0.3, -0.25) is 9.59 Å². The molecule has 1 heterocycles. The average Bonchev–Trinajstić information content (AvgIpc) is 2.66. The molecule has 1 aliphatic rings. The van der Waals surface area contributed by atoms with Gasteiger partial charge in [0.15, 0.2) is 6.61 Å². The number of piperidine rings is 1. The first-order chi connectivity index (χ1) is 12.5. The van der Waals surface area contributed by atoms with E-state index in [9.17, 15) is 14.4 Å². The summed E-state index contributed by atoms with van der Waals surface area (Å²) in [5.74, 6) is -0.749. The van der Waals surface area contributed by atoms with Crippen LogP contribution in [0.15, 0.2) is 22.7 Å². The van der Waals surface area contributed by atoms with Crippen molar-refractivity contribution in [3.05, 3.63) is 28.2 Å². The van der Waals surface area contributed by atoms with E-state index in [-0.39, 0.29) is 30.0 Å². The minimum absolute atomic E-state index is 0.172. The monoisotopic (exact) mass is 427 g/mol. The van der Waals surface area contributed by atoms with Crippen LogP contribution in [0.3, 0.4) is 0 Å². The fourth-order valence-corrected chi connectivity index (χ4v) is 3.12. The number of hydrogen-bond donors (Lipinski definition) is 0. The van der Waals surface area contributed by atoms with Crippen LogP contribution in [-0.4, -0.2) is 56.2 Å². The van der Waals surface area contributed by atoms with E-state index >= 15 is 0 Å². The molecule has 2 rings (SSSR count). The predicted octanol–water partition coefficient (Wildman–Crippen LogP) is 2.42. The number of likely N-dealkylation sites (tertiary alicyclic amines) is 1. The van der Waals surface area contributed by atoms with Crippen molar-refractivity contribution >= 4 is 33.8 Å². The van der Waals surface area contributed by atoms with Crippen LogP contribution in [0.25, 0.3) is 0 Å². The third-order valence-electron chi connectivity index (χ3n) is 4.19. The molecule has 0 radical (unpaired) electrons.